The maximum atomic E-state index is 13.2. The Bertz CT molecular complexity index is 1340. The highest BCUT2D eigenvalue weighted by molar-refractivity contribution is 6.08. The fraction of sp³-hybridized carbons (Fsp3) is 0.344. The Morgan fingerprint density at radius 1 is 0.821 bits per heavy atom. The lowest BCUT2D eigenvalue weighted by atomic mass is 10.1. The minimum atomic E-state index is -0.482. The van der Waals surface area contributed by atoms with Crippen molar-refractivity contribution >= 4 is 17.4 Å². The summed E-state index contributed by atoms with van der Waals surface area (Å²) in [5.74, 6) is 0.334. The van der Waals surface area contributed by atoms with Gasteiger partial charge in [-0.3, -0.25) is 4.79 Å². The number of aromatic nitrogens is 2. The van der Waals surface area contributed by atoms with Crippen molar-refractivity contribution in [3.05, 3.63) is 95.9 Å². The van der Waals surface area contributed by atoms with E-state index in [4.69, 9.17) is 9.47 Å². The molecule has 0 radical (unpaired) electrons. The summed E-state index contributed by atoms with van der Waals surface area (Å²) in [5.41, 5.74) is 1.62. The van der Waals surface area contributed by atoms with Crippen LogP contribution in [-0.2, 0) is 0 Å². The molecule has 0 saturated carbocycles. The number of imidazole rings is 1. The normalized spacial score (nSPS) is 11.2. The molecule has 0 aliphatic carbocycles. The van der Waals surface area contributed by atoms with E-state index in [0.717, 1.165) is 31.8 Å². The molecule has 0 atom stereocenters. The first-order valence-corrected chi connectivity index (χ1v) is 13.8. The molecule has 7 nitrogen and oxygen atoms in total. The van der Waals surface area contributed by atoms with Gasteiger partial charge >= 0.3 is 5.97 Å². The third-order valence-electron chi connectivity index (χ3n) is 6.55. The highest BCUT2D eigenvalue weighted by Crippen LogP contribution is 2.22. The molecule has 0 N–H and O–H groups in total. The van der Waals surface area contributed by atoms with Crippen LogP contribution >= 0.6 is 0 Å². The van der Waals surface area contributed by atoms with E-state index in [-0.39, 0.29) is 17.2 Å². The van der Waals surface area contributed by atoms with E-state index in [9.17, 15) is 9.59 Å². The first-order chi connectivity index (χ1) is 19.1. The summed E-state index contributed by atoms with van der Waals surface area (Å²) in [6.07, 6.45) is 9.25. The number of ketones is 1. The van der Waals surface area contributed by atoms with Crippen molar-refractivity contribution in [2.75, 3.05) is 26.2 Å². The number of nitrogens with zero attached hydrogens (tertiary/aromatic N) is 3. The van der Waals surface area contributed by atoms with E-state index in [2.05, 4.69) is 23.7 Å². The standard InChI is InChI=1S/C32H37N3O4/c1-3-5-19-34(20-6-4-2)21-11-23-38-27-17-15-25(16-18-27)30(36)28-24-35-22-10-14-29(31(35)33-28)39-32(37)26-12-8-7-9-13-26/h7-10,12-18,22,24H,3-6,11,19-21,23H2,1-2H3. The molecule has 0 bridgehead atoms. The van der Waals surface area contributed by atoms with Gasteiger partial charge in [0.05, 0.1) is 12.2 Å². The number of fused-ring (bicyclic) bond motifs is 1. The van der Waals surface area contributed by atoms with Crippen LogP contribution in [0.2, 0.25) is 0 Å². The molecule has 2 aromatic carbocycles. The van der Waals surface area contributed by atoms with Crippen molar-refractivity contribution in [2.45, 2.75) is 46.0 Å². The van der Waals surface area contributed by atoms with Crippen molar-refractivity contribution in [3.63, 3.8) is 0 Å². The first-order valence-electron chi connectivity index (χ1n) is 13.8. The molecule has 2 heterocycles. The summed E-state index contributed by atoms with van der Waals surface area (Å²) < 4.78 is 13.2. The molecule has 0 saturated heterocycles. The zero-order chi connectivity index (χ0) is 27.5. The van der Waals surface area contributed by atoms with Crippen LogP contribution in [0.15, 0.2) is 79.1 Å². The molecule has 0 amide bonds. The van der Waals surface area contributed by atoms with Gasteiger partial charge < -0.3 is 18.8 Å². The zero-order valence-corrected chi connectivity index (χ0v) is 22.8. The van der Waals surface area contributed by atoms with Crippen molar-refractivity contribution in [2.24, 2.45) is 0 Å². The molecule has 0 aliphatic rings. The molecule has 39 heavy (non-hydrogen) atoms. The second-order valence-electron chi connectivity index (χ2n) is 9.59. The number of ether oxygens (including phenoxy) is 2. The third kappa shape index (κ3) is 7.77. The SMILES string of the molecule is CCCCN(CCCC)CCCOc1ccc(C(=O)c2cn3cccc(OC(=O)c4ccccc4)c3n2)cc1. The van der Waals surface area contributed by atoms with Gasteiger partial charge in [-0.2, -0.15) is 0 Å². The van der Waals surface area contributed by atoms with Gasteiger partial charge in [0.25, 0.3) is 0 Å². The summed E-state index contributed by atoms with van der Waals surface area (Å²) >= 11 is 0. The maximum absolute atomic E-state index is 13.2. The van der Waals surface area contributed by atoms with Gasteiger partial charge in [-0.15, -0.1) is 0 Å². The van der Waals surface area contributed by atoms with Crippen LogP contribution in [0.1, 0.15) is 72.4 Å². The number of carbonyl (C=O) groups excluding carboxylic acids is 2. The van der Waals surface area contributed by atoms with Crippen LogP contribution in [0, 0.1) is 0 Å². The largest absolute Gasteiger partial charge is 0.494 e. The van der Waals surface area contributed by atoms with Crippen molar-refractivity contribution in [1.29, 1.82) is 0 Å². The van der Waals surface area contributed by atoms with Crippen LogP contribution in [0.5, 0.6) is 11.5 Å². The lowest BCUT2D eigenvalue weighted by molar-refractivity contribution is 0.0736. The molecule has 2 aromatic heterocycles. The summed E-state index contributed by atoms with van der Waals surface area (Å²) in [6.45, 7) is 8.42. The fourth-order valence-corrected chi connectivity index (χ4v) is 4.34. The van der Waals surface area contributed by atoms with Gasteiger partial charge in [-0.05, 0) is 80.9 Å². The number of pyridine rings is 1. The second kappa shape index (κ2) is 14.3. The Morgan fingerprint density at radius 2 is 1.51 bits per heavy atom. The topological polar surface area (TPSA) is 73.1 Å². The number of carbonyl (C=O) groups is 2. The Morgan fingerprint density at radius 3 is 2.21 bits per heavy atom. The Balaban J connectivity index is 1.35. The van der Waals surface area contributed by atoms with Crippen LogP contribution in [0.4, 0.5) is 0 Å². The molecule has 0 aliphatic heterocycles. The van der Waals surface area contributed by atoms with Gasteiger partial charge in [0.2, 0.25) is 5.78 Å². The Labute approximate surface area is 230 Å². The van der Waals surface area contributed by atoms with Gasteiger partial charge in [0.1, 0.15) is 11.4 Å². The molecular formula is C32H37N3O4. The smallest absolute Gasteiger partial charge is 0.343 e. The fourth-order valence-electron chi connectivity index (χ4n) is 4.34. The average Bonchev–Trinajstić information content (AvgIpc) is 3.42. The molecule has 0 spiro atoms. The number of hydrogen-bond donors (Lipinski definition) is 0. The molecular weight excluding hydrogens is 490 g/mol. The predicted octanol–water partition coefficient (Wildman–Crippen LogP) is 6.46. The zero-order valence-electron chi connectivity index (χ0n) is 22.8. The molecule has 4 aromatic rings. The van der Waals surface area contributed by atoms with Gasteiger partial charge in [-0.25, -0.2) is 9.78 Å². The quantitative estimate of drug-likeness (QED) is 0.100. The van der Waals surface area contributed by atoms with Gasteiger partial charge in [0.15, 0.2) is 11.4 Å². The Kier molecular flexibility index (Phi) is 10.3. The number of unbranched alkanes of at least 4 members (excludes halogenated alkanes) is 2. The van der Waals surface area contributed by atoms with Crippen LogP contribution in [0.25, 0.3) is 5.65 Å². The number of rotatable bonds is 15. The monoisotopic (exact) mass is 527 g/mol. The Hall–Kier alpha value is -3.97. The van der Waals surface area contributed by atoms with Crippen LogP contribution < -0.4 is 9.47 Å². The van der Waals surface area contributed by atoms with E-state index in [1.165, 1.54) is 25.7 Å². The van der Waals surface area contributed by atoms with E-state index < -0.39 is 5.97 Å². The summed E-state index contributed by atoms with van der Waals surface area (Å²) in [6, 6.07) is 19.3. The summed E-state index contributed by atoms with van der Waals surface area (Å²) in [4.78, 5) is 32.7. The number of hydrogen-bond acceptors (Lipinski definition) is 6. The van der Waals surface area contributed by atoms with E-state index in [1.54, 1.807) is 65.3 Å². The highest BCUT2D eigenvalue weighted by atomic mass is 16.5. The first kappa shape index (κ1) is 28.0. The lowest BCUT2D eigenvalue weighted by Gasteiger charge is -2.21. The lowest BCUT2D eigenvalue weighted by Crippen LogP contribution is -2.28. The predicted molar refractivity (Wildman–Crippen MR) is 153 cm³/mol. The van der Waals surface area contributed by atoms with Gasteiger partial charge in [-0.1, -0.05) is 44.9 Å². The minimum Gasteiger partial charge on any atom is -0.494 e. The van der Waals surface area contributed by atoms with Crippen LogP contribution in [-0.4, -0.2) is 52.3 Å². The molecule has 0 unspecified atom stereocenters. The molecule has 4 rings (SSSR count). The number of benzene rings is 2. The second-order valence-corrected chi connectivity index (χ2v) is 9.59. The van der Waals surface area contributed by atoms with E-state index in [1.807, 2.05) is 18.2 Å². The minimum absolute atomic E-state index is 0.215. The van der Waals surface area contributed by atoms with Gasteiger partial charge in [0, 0.05) is 24.5 Å². The number of esters is 1. The molecule has 7 heteroatoms. The van der Waals surface area contributed by atoms with E-state index >= 15 is 0 Å². The van der Waals surface area contributed by atoms with Crippen molar-refractivity contribution in [1.82, 2.24) is 14.3 Å². The van der Waals surface area contributed by atoms with Crippen molar-refractivity contribution in [3.8, 4) is 11.5 Å². The van der Waals surface area contributed by atoms with Crippen molar-refractivity contribution < 1.29 is 19.1 Å². The average molecular weight is 528 g/mol. The highest BCUT2D eigenvalue weighted by Gasteiger charge is 2.17. The molecule has 204 valence electrons. The molecule has 0 fully saturated rings. The van der Waals surface area contributed by atoms with Crippen LogP contribution in [0.3, 0.4) is 0 Å². The summed E-state index contributed by atoms with van der Waals surface area (Å²) in [7, 11) is 0. The third-order valence-corrected chi connectivity index (χ3v) is 6.55. The summed E-state index contributed by atoms with van der Waals surface area (Å²) in [5, 5.41) is 0. The van der Waals surface area contributed by atoms with E-state index in [0.29, 0.717) is 23.4 Å². The maximum Gasteiger partial charge on any atom is 0.343 e.